The van der Waals surface area contributed by atoms with Crippen molar-refractivity contribution in [1.82, 2.24) is 4.98 Å². The van der Waals surface area contributed by atoms with Crippen LogP contribution >= 0.6 is 0 Å². The molecule has 0 saturated carbocycles. The molecule has 0 bridgehead atoms. The first kappa shape index (κ1) is 17.2. The number of aliphatic hydroxyl groups is 1. The number of carbonyl (C=O) groups is 1. The molecule has 3 rings (SSSR count). The number of carbonyl (C=O) groups excluding carboxylic acids is 1. The largest absolute Gasteiger partial charge is 0.416 e. The fraction of sp³-hybridized carbons (Fsp3) is 0.294. The maximum absolute atomic E-state index is 13.3. The molecule has 0 unspecified atom stereocenters. The molecule has 25 heavy (non-hydrogen) atoms. The van der Waals surface area contributed by atoms with Crippen LogP contribution in [-0.2, 0) is 6.18 Å². The highest BCUT2D eigenvalue weighted by Crippen LogP contribution is 2.42. The summed E-state index contributed by atoms with van der Waals surface area (Å²) in [5.41, 5.74) is 5.08. The minimum absolute atomic E-state index is 0.0155. The highest BCUT2D eigenvalue weighted by atomic mass is 19.4. The van der Waals surface area contributed by atoms with E-state index in [2.05, 4.69) is 4.98 Å². The summed E-state index contributed by atoms with van der Waals surface area (Å²) < 4.78 is 40.0. The predicted octanol–water partition coefficient (Wildman–Crippen LogP) is 2.51. The zero-order chi connectivity index (χ0) is 18.2. The van der Waals surface area contributed by atoms with Crippen molar-refractivity contribution in [2.45, 2.75) is 24.7 Å². The molecule has 1 aromatic carbocycles. The number of aliphatic hydroxyl groups excluding tert-OH is 1. The van der Waals surface area contributed by atoms with Gasteiger partial charge in [0.05, 0.1) is 17.7 Å². The van der Waals surface area contributed by atoms with Crippen molar-refractivity contribution in [2.75, 3.05) is 11.4 Å². The van der Waals surface area contributed by atoms with Gasteiger partial charge in [-0.15, -0.1) is 0 Å². The summed E-state index contributed by atoms with van der Waals surface area (Å²) in [5, 5.41) is 10.0. The van der Waals surface area contributed by atoms with Crippen LogP contribution in [-0.4, -0.2) is 28.6 Å². The first-order chi connectivity index (χ1) is 11.8. The molecule has 0 spiro atoms. The average molecular weight is 351 g/mol. The molecule has 1 amide bonds. The summed E-state index contributed by atoms with van der Waals surface area (Å²) >= 11 is 0. The standard InChI is InChI=1S/C17H16F3N3O2/c18-17(19,20)13-4-2-1-3-12(13)15-8-11(24)9-23(15)10-5-6-22-14(7-10)16(21)25/h1-7,11,15,24H,8-9H2,(H2,21,25)/t11-,15-/m0/s1. The van der Waals surface area contributed by atoms with Gasteiger partial charge in [0.1, 0.15) is 5.69 Å². The third-order valence-electron chi connectivity index (χ3n) is 4.23. The number of hydrogen-bond acceptors (Lipinski definition) is 4. The van der Waals surface area contributed by atoms with Gasteiger partial charge in [-0.25, -0.2) is 0 Å². The highest BCUT2D eigenvalue weighted by Gasteiger charge is 2.40. The van der Waals surface area contributed by atoms with Gasteiger partial charge >= 0.3 is 6.18 Å². The van der Waals surface area contributed by atoms with Crippen molar-refractivity contribution < 1.29 is 23.1 Å². The quantitative estimate of drug-likeness (QED) is 0.891. The molecule has 2 heterocycles. The monoisotopic (exact) mass is 351 g/mol. The fourth-order valence-corrected chi connectivity index (χ4v) is 3.17. The number of anilines is 1. The number of β-amino-alcohol motifs (C(OH)–C–C–N with tert-alkyl or cyclic N) is 1. The number of alkyl halides is 3. The molecule has 2 aromatic rings. The van der Waals surface area contributed by atoms with Crippen LogP contribution in [0, 0.1) is 0 Å². The molecule has 1 aromatic heterocycles. The number of benzene rings is 1. The van der Waals surface area contributed by atoms with Crippen molar-refractivity contribution in [1.29, 1.82) is 0 Å². The van der Waals surface area contributed by atoms with Crippen LogP contribution in [0.4, 0.5) is 18.9 Å². The molecule has 8 heteroatoms. The maximum Gasteiger partial charge on any atom is 0.416 e. The number of aromatic nitrogens is 1. The minimum Gasteiger partial charge on any atom is -0.391 e. The number of hydrogen-bond donors (Lipinski definition) is 2. The Hall–Kier alpha value is -2.61. The summed E-state index contributed by atoms with van der Waals surface area (Å²) in [4.78, 5) is 16.8. The average Bonchev–Trinajstić information content (AvgIpc) is 2.96. The molecule has 5 nitrogen and oxygen atoms in total. The second-order valence-electron chi connectivity index (χ2n) is 5.91. The van der Waals surface area contributed by atoms with Gasteiger partial charge in [-0.3, -0.25) is 9.78 Å². The first-order valence-electron chi connectivity index (χ1n) is 7.64. The Morgan fingerprint density at radius 2 is 2.00 bits per heavy atom. The summed E-state index contributed by atoms with van der Waals surface area (Å²) in [5.74, 6) is -0.728. The van der Waals surface area contributed by atoms with Crippen LogP contribution in [0.25, 0.3) is 0 Å². The van der Waals surface area contributed by atoms with Gasteiger partial charge < -0.3 is 15.7 Å². The minimum atomic E-state index is -4.49. The topological polar surface area (TPSA) is 79.5 Å². The lowest BCUT2D eigenvalue weighted by Crippen LogP contribution is -2.26. The van der Waals surface area contributed by atoms with Crippen LogP contribution in [0.15, 0.2) is 42.6 Å². The molecule has 1 saturated heterocycles. The Morgan fingerprint density at radius 3 is 2.68 bits per heavy atom. The molecule has 0 aliphatic carbocycles. The Morgan fingerprint density at radius 1 is 1.28 bits per heavy atom. The lowest BCUT2D eigenvalue weighted by atomic mass is 9.97. The summed E-state index contributed by atoms with van der Waals surface area (Å²) in [7, 11) is 0. The molecule has 1 fully saturated rings. The number of amides is 1. The van der Waals surface area contributed by atoms with Crippen molar-refractivity contribution >= 4 is 11.6 Å². The fourth-order valence-electron chi connectivity index (χ4n) is 3.17. The number of rotatable bonds is 3. The molecule has 3 N–H and O–H groups in total. The smallest absolute Gasteiger partial charge is 0.391 e. The van der Waals surface area contributed by atoms with E-state index >= 15 is 0 Å². The van der Waals surface area contributed by atoms with Gasteiger partial charge in [-0.05, 0) is 30.2 Å². The van der Waals surface area contributed by atoms with Crippen LogP contribution in [0.5, 0.6) is 0 Å². The van der Waals surface area contributed by atoms with Gasteiger partial charge in [-0.2, -0.15) is 13.2 Å². The molecule has 132 valence electrons. The molecular formula is C17H16F3N3O2. The van der Waals surface area contributed by atoms with Crippen LogP contribution in [0.2, 0.25) is 0 Å². The normalized spacial score (nSPS) is 20.7. The van der Waals surface area contributed by atoms with Gasteiger partial charge in [0.2, 0.25) is 0 Å². The first-order valence-corrected chi connectivity index (χ1v) is 7.64. The lowest BCUT2D eigenvalue weighted by molar-refractivity contribution is -0.138. The van der Waals surface area contributed by atoms with E-state index in [0.717, 1.165) is 6.07 Å². The van der Waals surface area contributed by atoms with E-state index in [4.69, 9.17) is 5.73 Å². The van der Waals surface area contributed by atoms with Crippen LogP contribution < -0.4 is 10.6 Å². The van der Waals surface area contributed by atoms with Gasteiger partial charge in [0.25, 0.3) is 5.91 Å². The third-order valence-corrected chi connectivity index (χ3v) is 4.23. The second-order valence-corrected chi connectivity index (χ2v) is 5.91. The van der Waals surface area contributed by atoms with Crippen molar-refractivity contribution in [3.8, 4) is 0 Å². The lowest BCUT2D eigenvalue weighted by Gasteiger charge is -2.29. The number of nitrogens with zero attached hydrogens (tertiary/aromatic N) is 2. The summed E-state index contributed by atoms with van der Waals surface area (Å²) in [6.45, 7) is 0.152. The van der Waals surface area contributed by atoms with Gasteiger partial charge in [-0.1, -0.05) is 18.2 Å². The van der Waals surface area contributed by atoms with Crippen molar-refractivity contribution in [3.63, 3.8) is 0 Å². The zero-order valence-corrected chi connectivity index (χ0v) is 13.1. The Balaban J connectivity index is 2.05. The summed E-state index contributed by atoms with van der Waals surface area (Å²) in [6.07, 6.45) is -3.75. The zero-order valence-electron chi connectivity index (χ0n) is 13.1. The Kier molecular flexibility index (Phi) is 4.38. The Bertz CT molecular complexity index is 795. The van der Waals surface area contributed by atoms with Crippen LogP contribution in [0.1, 0.15) is 34.1 Å². The van der Waals surface area contributed by atoms with E-state index in [-0.39, 0.29) is 24.2 Å². The van der Waals surface area contributed by atoms with Crippen LogP contribution in [0.3, 0.4) is 0 Å². The third kappa shape index (κ3) is 3.43. The molecular weight excluding hydrogens is 335 g/mol. The van der Waals surface area contributed by atoms with E-state index in [1.165, 1.54) is 30.5 Å². The van der Waals surface area contributed by atoms with Crippen molar-refractivity contribution in [3.05, 3.63) is 59.4 Å². The van der Waals surface area contributed by atoms with E-state index in [0.29, 0.717) is 5.69 Å². The summed E-state index contributed by atoms with van der Waals surface area (Å²) in [6, 6.07) is 7.64. The van der Waals surface area contributed by atoms with Gasteiger partial charge in [0.15, 0.2) is 0 Å². The van der Waals surface area contributed by atoms with E-state index in [9.17, 15) is 23.1 Å². The second kappa shape index (κ2) is 6.36. The molecule has 0 radical (unpaired) electrons. The van der Waals surface area contributed by atoms with Gasteiger partial charge in [0, 0.05) is 18.4 Å². The predicted molar refractivity (Wildman–Crippen MR) is 84.9 cm³/mol. The number of primary amides is 1. The molecule has 1 aliphatic rings. The molecule has 1 aliphatic heterocycles. The maximum atomic E-state index is 13.3. The van der Waals surface area contributed by atoms with E-state index < -0.39 is 29.8 Å². The molecule has 2 atom stereocenters. The van der Waals surface area contributed by atoms with E-state index in [1.54, 1.807) is 11.0 Å². The number of halogens is 3. The SMILES string of the molecule is NC(=O)c1cc(N2C[C@@H](O)C[C@H]2c2ccccc2C(F)(F)F)ccn1. The number of pyridine rings is 1. The number of nitrogens with two attached hydrogens (primary N) is 1. The van der Waals surface area contributed by atoms with Crippen molar-refractivity contribution in [2.24, 2.45) is 5.73 Å². The Labute approximate surface area is 141 Å². The highest BCUT2D eigenvalue weighted by molar-refractivity contribution is 5.91. The van der Waals surface area contributed by atoms with E-state index in [1.807, 2.05) is 0 Å².